The largest absolute Gasteiger partial charge is 0.351 e. The summed E-state index contributed by atoms with van der Waals surface area (Å²) in [5.74, 6) is -0.0713. The van der Waals surface area contributed by atoms with Gasteiger partial charge in [0.2, 0.25) is 0 Å². The predicted molar refractivity (Wildman–Crippen MR) is 84.2 cm³/mol. The van der Waals surface area contributed by atoms with Gasteiger partial charge in [-0.2, -0.15) is 0 Å². The third-order valence-corrected chi connectivity index (χ3v) is 4.61. The van der Waals surface area contributed by atoms with Crippen molar-refractivity contribution in [2.24, 2.45) is 5.41 Å². The number of benzene rings is 1. The van der Waals surface area contributed by atoms with Crippen LogP contribution in [0.2, 0.25) is 5.02 Å². The maximum Gasteiger partial charge on any atom is 0.283 e. The van der Waals surface area contributed by atoms with Crippen LogP contribution in [-0.4, -0.2) is 23.3 Å². The van der Waals surface area contributed by atoms with E-state index >= 15 is 0 Å². The number of amides is 1. The number of carbonyl (C=O) groups is 1. The lowest BCUT2D eigenvalue weighted by Gasteiger charge is -2.29. The summed E-state index contributed by atoms with van der Waals surface area (Å²) in [5.41, 5.74) is -0.497. The highest BCUT2D eigenvalue weighted by Gasteiger charge is 2.27. The molecule has 5 nitrogen and oxygen atoms in total. The van der Waals surface area contributed by atoms with Gasteiger partial charge in [-0.3, -0.25) is 14.9 Å². The van der Waals surface area contributed by atoms with E-state index in [9.17, 15) is 14.9 Å². The van der Waals surface area contributed by atoms with Crippen LogP contribution in [0.3, 0.4) is 0 Å². The molecule has 0 heterocycles. The number of nitrogens with zero attached hydrogens (tertiary/aromatic N) is 1. The molecule has 0 bridgehead atoms. The second-order valence-electron chi connectivity index (χ2n) is 4.94. The Hall–Kier alpha value is -1.33. The van der Waals surface area contributed by atoms with E-state index in [0.29, 0.717) is 12.4 Å². The molecule has 0 aliphatic rings. The van der Waals surface area contributed by atoms with Gasteiger partial charge >= 0.3 is 0 Å². The van der Waals surface area contributed by atoms with Crippen LogP contribution in [0.5, 0.6) is 0 Å². The minimum atomic E-state index is -0.616. The molecular formula is C14H18Cl2N2O3. The van der Waals surface area contributed by atoms with E-state index in [4.69, 9.17) is 23.2 Å². The number of hydrogen-bond acceptors (Lipinski definition) is 3. The lowest BCUT2D eigenvalue weighted by molar-refractivity contribution is -0.385. The summed E-state index contributed by atoms with van der Waals surface area (Å²) in [6.45, 7) is 4.38. The molecule has 0 aliphatic heterocycles. The molecule has 0 aromatic heterocycles. The molecule has 0 spiro atoms. The van der Waals surface area contributed by atoms with E-state index in [-0.39, 0.29) is 21.7 Å². The number of hydrogen-bond donors (Lipinski definition) is 1. The van der Waals surface area contributed by atoms with Crippen LogP contribution in [-0.2, 0) is 0 Å². The fraction of sp³-hybridized carbons (Fsp3) is 0.500. The van der Waals surface area contributed by atoms with Crippen LogP contribution in [0.1, 0.15) is 37.0 Å². The molecule has 0 fully saturated rings. The highest BCUT2D eigenvalue weighted by Crippen LogP contribution is 2.28. The Kier molecular flexibility index (Phi) is 6.42. The fourth-order valence-corrected chi connectivity index (χ4v) is 2.59. The number of nitro groups is 1. The average molecular weight is 333 g/mol. The highest BCUT2D eigenvalue weighted by molar-refractivity contribution is 6.31. The van der Waals surface area contributed by atoms with Crippen LogP contribution in [0.4, 0.5) is 5.69 Å². The second-order valence-corrected chi connectivity index (χ2v) is 5.65. The lowest BCUT2D eigenvalue weighted by atomic mass is 9.84. The minimum Gasteiger partial charge on any atom is -0.351 e. The lowest BCUT2D eigenvalue weighted by Crippen LogP contribution is -2.38. The van der Waals surface area contributed by atoms with Crippen LogP contribution in [0.25, 0.3) is 0 Å². The van der Waals surface area contributed by atoms with Crippen LogP contribution in [0.15, 0.2) is 18.2 Å². The van der Waals surface area contributed by atoms with E-state index in [1.165, 1.54) is 18.2 Å². The summed E-state index contributed by atoms with van der Waals surface area (Å²) in [5, 5.41) is 13.9. The van der Waals surface area contributed by atoms with Gasteiger partial charge in [-0.05, 0) is 25.0 Å². The Balaban J connectivity index is 2.93. The topological polar surface area (TPSA) is 72.2 Å². The number of rotatable bonds is 7. The van der Waals surface area contributed by atoms with E-state index in [1.54, 1.807) is 0 Å². The molecule has 1 aromatic carbocycles. The van der Waals surface area contributed by atoms with Crippen LogP contribution < -0.4 is 5.32 Å². The van der Waals surface area contributed by atoms with Crippen molar-refractivity contribution < 1.29 is 9.72 Å². The Labute approximate surface area is 133 Å². The molecule has 7 heteroatoms. The summed E-state index contributed by atoms with van der Waals surface area (Å²) in [6.07, 6.45) is 1.63. The summed E-state index contributed by atoms with van der Waals surface area (Å²) in [6, 6.07) is 3.99. The Bertz CT molecular complexity index is 523. The SMILES string of the molecule is CCC(CC)(CCl)CNC(=O)c1ccc(Cl)cc1[N+](=O)[O-]. The normalized spacial score (nSPS) is 11.2. The average Bonchev–Trinajstić information content (AvgIpc) is 2.48. The second kappa shape index (κ2) is 7.61. The van der Waals surface area contributed by atoms with Crippen molar-refractivity contribution in [3.63, 3.8) is 0 Å². The van der Waals surface area contributed by atoms with E-state index in [1.807, 2.05) is 13.8 Å². The molecule has 0 saturated heterocycles. The first-order valence-corrected chi connectivity index (χ1v) is 7.58. The monoisotopic (exact) mass is 332 g/mol. The maximum atomic E-state index is 12.2. The molecule has 1 amide bonds. The van der Waals surface area contributed by atoms with E-state index < -0.39 is 10.8 Å². The summed E-state index contributed by atoms with van der Waals surface area (Å²) >= 11 is 11.7. The summed E-state index contributed by atoms with van der Waals surface area (Å²) in [4.78, 5) is 22.6. The summed E-state index contributed by atoms with van der Waals surface area (Å²) < 4.78 is 0. The first kappa shape index (κ1) is 17.7. The van der Waals surface area contributed by atoms with Crippen LogP contribution in [0, 0.1) is 15.5 Å². The molecule has 21 heavy (non-hydrogen) atoms. The molecule has 116 valence electrons. The smallest absolute Gasteiger partial charge is 0.283 e. The van der Waals surface area contributed by atoms with Gasteiger partial charge < -0.3 is 5.32 Å². The van der Waals surface area contributed by atoms with Crippen molar-refractivity contribution in [3.05, 3.63) is 38.9 Å². The van der Waals surface area contributed by atoms with Gasteiger partial charge in [0.1, 0.15) is 5.56 Å². The number of nitrogens with one attached hydrogen (secondary N) is 1. The molecule has 0 saturated carbocycles. The van der Waals surface area contributed by atoms with Crippen molar-refractivity contribution in [1.29, 1.82) is 0 Å². The first-order chi connectivity index (χ1) is 9.89. The first-order valence-electron chi connectivity index (χ1n) is 6.67. The molecule has 0 radical (unpaired) electrons. The number of nitro benzene ring substituents is 1. The van der Waals surface area contributed by atoms with E-state index in [2.05, 4.69) is 5.32 Å². The molecule has 0 unspecified atom stereocenters. The zero-order valence-corrected chi connectivity index (χ0v) is 13.5. The van der Waals surface area contributed by atoms with Crippen molar-refractivity contribution in [2.45, 2.75) is 26.7 Å². The number of carbonyl (C=O) groups excluding carboxylic acids is 1. The predicted octanol–water partition coefficient (Wildman–Crippen LogP) is 4.02. The number of alkyl halides is 1. The number of halogens is 2. The summed E-state index contributed by atoms with van der Waals surface area (Å²) in [7, 11) is 0. The van der Waals surface area contributed by atoms with Gasteiger partial charge in [0, 0.05) is 28.9 Å². The zero-order chi connectivity index (χ0) is 16.0. The van der Waals surface area contributed by atoms with Crippen molar-refractivity contribution >= 4 is 34.8 Å². The quantitative estimate of drug-likeness (QED) is 0.465. The van der Waals surface area contributed by atoms with Gasteiger partial charge in [-0.15, -0.1) is 11.6 Å². The molecule has 1 rings (SSSR count). The third-order valence-electron chi connectivity index (χ3n) is 3.81. The molecule has 0 aliphatic carbocycles. The molecular weight excluding hydrogens is 315 g/mol. The zero-order valence-electron chi connectivity index (χ0n) is 12.0. The Morgan fingerprint density at radius 1 is 1.38 bits per heavy atom. The van der Waals surface area contributed by atoms with E-state index in [0.717, 1.165) is 12.8 Å². The highest BCUT2D eigenvalue weighted by atomic mass is 35.5. The molecule has 0 atom stereocenters. The van der Waals surface area contributed by atoms with Gasteiger partial charge in [-0.25, -0.2) is 0 Å². The van der Waals surface area contributed by atoms with Gasteiger partial charge in [-0.1, -0.05) is 25.4 Å². The van der Waals surface area contributed by atoms with Gasteiger partial charge in [0.25, 0.3) is 11.6 Å². The Morgan fingerprint density at radius 2 is 2.00 bits per heavy atom. The standard InChI is InChI=1S/C14H18Cl2N2O3/c1-3-14(4-2,8-15)9-17-13(19)11-6-5-10(16)7-12(11)18(20)21/h5-7H,3-4,8-9H2,1-2H3,(H,17,19). The fourth-order valence-electron chi connectivity index (χ4n) is 1.95. The van der Waals surface area contributed by atoms with Crippen molar-refractivity contribution in [3.8, 4) is 0 Å². The Morgan fingerprint density at radius 3 is 2.48 bits per heavy atom. The van der Waals surface area contributed by atoms with Crippen molar-refractivity contribution in [2.75, 3.05) is 12.4 Å². The maximum absolute atomic E-state index is 12.2. The molecule has 1 aromatic rings. The third kappa shape index (κ3) is 4.32. The molecule has 1 N–H and O–H groups in total. The minimum absolute atomic E-state index is 0.0000728. The van der Waals surface area contributed by atoms with Crippen molar-refractivity contribution in [1.82, 2.24) is 5.32 Å². The van der Waals surface area contributed by atoms with Gasteiger partial charge in [0.05, 0.1) is 4.92 Å². The van der Waals surface area contributed by atoms with Gasteiger partial charge in [0.15, 0.2) is 0 Å². The van der Waals surface area contributed by atoms with Crippen LogP contribution >= 0.6 is 23.2 Å².